The Labute approximate surface area is 209 Å². The van der Waals surface area contributed by atoms with Crippen LogP contribution in [0.4, 0.5) is 5.69 Å². The number of para-hydroxylation sites is 4. The molecule has 0 radical (unpaired) electrons. The number of amides is 1. The van der Waals surface area contributed by atoms with Gasteiger partial charge in [-0.15, -0.1) is 0 Å². The molecule has 0 spiro atoms. The summed E-state index contributed by atoms with van der Waals surface area (Å²) < 4.78 is 2.23. The largest absolute Gasteiger partial charge is 0.321 e. The third-order valence-electron chi connectivity index (χ3n) is 6.67. The van der Waals surface area contributed by atoms with Gasteiger partial charge in [0.2, 0.25) is 0 Å². The van der Waals surface area contributed by atoms with E-state index >= 15 is 0 Å². The number of fused-ring (bicyclic) bond motifs is 2. The second-order valence-electron chi connectivity index (χ2n) is 9.05. The van der Waals surface area contributed by atoms with Gasteiger partial charge in [-0.2, -0.15) is 0 Å². The summed E-state index contributed by atoms with van der Waals surface area (Å²) in [4.78, 5) is 18.5. The molecule has 0 fully saturated rings. The maximum absolute atomic E-state index is 13.5. The summed E-state index contributed by atoms with van der Waals surface area (Å²) in [6.45, 7) is 4.01. The molecular formula is C32H25N3O. The zero-order valence-corrected chi connectivity index (χ0v) is 20.2. The van der Waals surface area contributed by atoms with Gasteiger partial charge < -0.3 is 9.88 Å². The van der Waals surface area contributed by atoms with Crippen LogP contribution in [-0.4, -0.2) is 15.5 Å². The van der Waals surface area contributed by atoms with Gasteiger partial charge in [-0.1, -0.05) is 72.8 Å². The second-order valence-corrected chi connectivity index (χ2v) is 9.05. The maximum atomic E-state index is 13.5. The van der Waals surface area contributed by atoms with E-state index in [4.69, 9.17) is 4.98 Å². The first kappa shape index (κ1) is 21.8. The van der Waals surface area contributed by atoms with Crippen molar-refractivity contribution in [3.8, 4) is 17.1 Å². The smallest absolute Gasteiger partial charge is 0.257 e. The first-order chi connectivity index (χ1) is 17.6. The van der Waals surface area contributed by atoms with Gasteiger partial charge in [-0.25, -0.2) is 4.98 Å². The fourth-order valence-corrected chi connectivity index (χ4v) is 4.86. The molecule has 4 aromatic carbocycles. The zero-order chi connectivity index (χ0) is 24.6. The molecule has 2 aromatic heterocycles. The van der Waals surface area contributed by atoms with Crippen molar-refractivity contribution in [2.75, 3.05) is 5.32 Å². The molecule has 0 saturated carbocycles. The summed E-state index contributed by atoms with van der Waals surface area (Å²) in [6.07, 6.45) is 0. The van der Waals surface area contributed by atoms with Gasteiger partial charge in [0, 0.05) is 22.1 Å². The standard InChI is InChI=1S/C32H25N3O/c1-21-10-8-11-22(2)30(21)34-32(36)26-16-9-13-23-18-19-27(33-31(23)26)29-20-24-12-6-7-17-28(24)35(29)25-14-4-3-5-15-25/h3-20H,1-2H3,(H,34,36). The van der Waals surface area contributed by atoms with Gasteiger partial charge in [0.05, 0.1) is 28.0 Å². The SMILES string of the molecule is Cc1cccc(C)c1NC(=O)c1cccc2ccc(-c3cc4ccccc4n3-c3ccccc3)nc12. The number of nitrogens with zero attached hydrogens (tertiary/aromatic N) is 2. The third-order valence-corrected chi connectivity index (χ3v) is 6.67. The molecule has 174 valence electrons. The Bertz CT molecular complexity index is 1730. The predicted molar refractivity (Wildman–Crippen MR) is 148 cm³/mol. The number of anilines is 1. The fourth-order valence-electron chi connectivity index (χ4n) is 4.86. The minimum absolute atomic E-state index is 0.161. The molecule has 0 aliphatic heterocycles. The van der Waals surface area contributed by atoms with Crippen LogP contribution in [-0.2, 0) is 0 Å². The number of hydrogen-bond donors (Lipinski definition) is 1. The Hall–Kier alpha value is -4.70. The van der Waals surface area contributed by atoms with Crippen LogP contribution in [0.25, 0.3) is 38.9 Å². The monoisotopic (exact) mass is 467 g/mol. The van der Waals surface area contributed by atoms with Gasteiger partial charge in [0.15, 0.2) is 0 Å². The normalized spacial score (nSPS) is 11.2. The molecule has 0 aliphatic carbocycles. The van der Waals surface area contributed by atoms with E-state index in [0.29, 0.717) is 11.1 Å². The molecule has 0 saturated heterocycles. The van der Waals surface area contributed by atoms with Crippen molar-refractivity contribution < 1.29 is 4.79 Å². The van der Waals surface area contributed by atoms with Crippen molar-refractivity contribution in [2.24, 2.45) is 0 Å². The summed E-state index contributed by atoms with van der Waals surface area (Å²) >= 11 is 0. The highest BCUT2D eigenvalue weighted by Gasteiger charge is 2.17. The molecule has 6 aromatic rings. The van der Waals surface area contributed by atoms with Crippen molar-refractivity contribution in [3.63, 3.8) is 0 Å². The quantitative estimate of drug-likeness (QED) is 0.289. The van der Waals surface area contributed by atoms with Crippen molar-refractivity contribution in [1.82, 2.24) is 9.55 Å². The summed E-state index contributed by atoms with van der Waals surface area (Å²) in [5.74, 6) is -0.161. The number of pyridine rings is 1. The Morgan fingerprint density at radius 1 is 0.722 bits per heavy atom. The van der Waals surface area contributed by atoms with Crippen LogP contribution in [0, 0.1) is 13.8 Å². The van der Waals surface area contributed by atoms with Gasteiger partial charge in [-0.05, 0) is 61.4 Å². The number of rotatable bonds is 4. The fraction of sp³-hybridized carbons (Fsp3) is 0.0625. The van der Waals surface area contributed by atoms with E-state index in [0.717, 1.165) is 50.2 Å². The Morgan fingerprint density at radius 3 is 2.22 bits per heavy atom. The Morgan fingerprint density at radius 2 is 1.42 bits per heavy atom. The van der Waals surface area contributed by atoms with Gasteiger partial charge in [0.1, 0.15) is 0 Å². The summed E-state index contributed by atoms with van der Waals surface area (Å²) in [7, 11) is 0. The van der Waals surface area contributed by atoms with E-state index in [1.165, 1.54) is 0 Å². The lowest BCUT2D eigenvalue weighted by Crippen LogP contribution is -2.14. The summed E-state index contributed by atoms with van der Waals surface area (Å²) in [5, 5.41) is 5.19. The van der Waals surface area contributed by atoms with Crippen molar-refractivity contribution in [1.29, 1.82) is 0 Å². The maximum Gasteiger partial charge on any atom is 0.257 e. The van der Waals surface area contributed by atoms with E-state index < -0.39 is 0 Å². The molecule has 4 heteroatoms. The van der Waals surface area contributed by atoms with Gasteiger partial charge in [-0.3, -0.25) is 4.79 Å². The molecule has 0 unspecified atom stereocenters. The number of benzene rings is 4. The Balaban J connectivity index is 1.51. The average Bonchev–Trinajstić information content (AvgIpc) is 3.30. The number of hydrogen-bond acceptors (Lipinski definition) is 2. The van der Waals surface area contributed by atoms with E-state index in [9.17, 15) is 4.79 Å². The van der Waals surface area contributed by atoms with Crippen LogP contribution < -0.4 is 5.32 Å². The molecule has 0 bridgehead atoms. The van der Waals surface area contributed by atoms with Crippen LogP contribution in [0.2, 0.25) is 0 Å². The minimum Gasteiger partial charge on any atom is -0.321 e. The van der Waals surface area contributed by atoms with Crippen LogP contribution >= 0.6 is 0 Å². The number of carbonyl (C=O) groups excluding carboxylic acids is 1. The summed E-state index contributed by atoms with van der Waals surface area (Å²) in [5.41, 5.74) is 8.12. The lowest BCUT2D eigenvalue weighted by Gasteiger charge is -2.14. The van der Waals surface area contributed by atoms with Crippen LogP contribution in [0.15, 0.2) is 109 Å². The van der Waals surface area contributed by atoms with E-state index in [1.54, 1.807) is 0 Å². The highest BCUT2D eigenvalue weighted by Crippen LogP contribution is 2.32. The third kappa shape index (κ3) is 3.73. The Kier molecular flexibility index (Phi) is 5.34. The average molecular weight is 468 g/mol. The molecule has 4 nitrogen and oxygen atoms in total. The molecule has 0 aliphatic rings. The second kappa shape index (κ2) is 8.82. The topological polar surface area (TPSA) is 46.9 Å². The predicted octanol–water partition coefficient (Wildman–Crippen LogP) is 7.71. The van der Waals surface area contributed by atoms with E-state index in [2.05, 4.69) is 46.3 Å². The zero-order valence-electron chi connectivity index (χ0n) is 20.2. The molecule has 6 rings (SSSR count). The molecule has 2 heterocycles. The molecule has 1 amide bonds. The van der Waals surface area contributed by atoms with Crippen molar-refractivity contribution >= 4 is 33.4 Å². The molecule has 0 atom stereocenters. The van der Waals surface area contributed by atoms with E-state index in [1.807, 2.05) is 86.6 Å². The highest BCUT2D eigenvalue weighted by atomic mass is 16.1. The number of aryl methyl sites for hydroxylation is 2. The first-order valence-electron chi connectivity index (χ1n) is 12.0. The van der Waals surface area contributed by atoms with Crippen LogP contribution in [0.1, 0.15) is 21.5 Å². The van der Waals surface area contributed by atoms with Gasteiger partial charge >= 0.3 is 0 Å². The first-order valence-corrected chi connectivity index (χ1v) is 12.0. The van der Waals surface area contributed by atoms with Crippen molar-refractivity contribution in [2.45, 2.75) is 13.8 Å². The number of carbonyl (C=O) groups is 1. The molecule has 1 N–H and O–H groups in total. The van der Waals surface area contributed by atoms with Crippen LogP contribution in [0.5, 0.6) is 0 Å². The highest BCUT2D eigenvalue weighted by molar-refractivity contribution is 6.12. The number of nitrogens with one attached hydrogen (secondary N) is 1. The lowest BCUT2D eigenvalue weighted by molar-refractivity contribution is 0.102. The molecular weight excluding hydrogens is 442 g/mol. The number of aromatic nitrogens is 2. The summed E-state index contributed by atoms with van der Waals surface area (Å²) in [6, 6.07) is 36.6. The van der Waals surface area contributed by atoms with Gasteiger partial charge in [0.25, 0.3) is 5.91 Å². The minimum atomic E-state index is -0.161. The lowest BCUT2D eigenvalue weighted by atomic mass is 10.1. The van der Waals surface area contributed by atoms with Crippen LogP contribution in [0.3, 0.4) is 0 Å². The van der Waals surface area contributed by atoms with Crippen molar-refractivity contribution in [3.05, 3.63) is 126 Å². The van der Waals surface area contributed by atoms with E-state index in [-0.39, 0.29) is 5.91 Å². The molecule has 36 heavy (non-hydrogen) atoms.